The molecule has 1 fully saturated rings. The summed E-state index contributed by atoms with van der Waals surface area (Å²) in [6.45, 7) is 7.33. The minimum atomic E-state index is 0.455. The predicted octanol–water partition coefficient (Wildman–Crippen LogP) is 3.40. The van der Waals surface area contributed by atoms with Crippen molar-refractivity contribution in [1.29, 1.82) is 0 Å². The largest absolute Gasteiger partial charge is 0.330 e. The van der Waals surface area contributed by atoms with Crippen molar-refractivity contribution in [2.75, 3.05) is 18.1 Å². The van der Waals surface area contributed by atoms with Crippen LogP contribution in [0.1, 0.15) is 55.2 Å². The highest BCUT2D eigenvalue weighted by Gasteiger charge is 2.29. The van der Waals surface area contributed by atoms with Crippen molar-refractivity contribution in [1.82, 2.24) is 9.97 Å². The lowest BCUT2D eigenvalue weighted by molar-refractivity contribution is 0.719. The van der Waals surface area contributed by atoms with Crippen molar-refractivity contribution < 1.29 is 0 Å². The third kappa shape index (κ3) is 3.93. The summed E-state index contributed by atoms with van der Waals surface area (Å²) in [5.74, 6) is 3.53. The first-order valence-electron chi connectivity index (χ1n) is 8.06. The Morgan fingerprint density at radius 2 is 1.67 bits per heavy atom. The monoisotopic (exact) mass is 325 g/mol. The molecule has 21 heavy (non-hydrogen) atoms. The summed E-state index contributed by atoms with van der Waals surface area (Å²) in [5, 5.41) is 1.11. The van der Waals surface area contributed by atoms with Crippen LogP contribution in [0.4, 0.5) is 0 Å². The zero-order chi connectivity index (χ0) is 15.2. The molecule has 5 heteroatoms. The Bertz CT molecular complexity index is 440. The first-order valence-corrected chi connectivity index (χ1v) is 10.2. The van der Waals surface area contributed by atoms with Crippen molar-refractivity contribution in [3.8, 4) is 0 Å². The van der Waals surface area contributed by atoms with Gasteiger partial charge in [-0.3, -0.25) is 0 Å². The maximum absolute atomic E-state index is 5.77. The van der Waals surface area contributed by atoms with Crippen LogP contribution in [0.3, 0.4) is 0 Å². The molecule has 118 valence electrons. The van der Waals surface area contributed by atoms with Gasteiger partial charge in [0.15, 0.2) is 0 Å². The summed E-state index contributed by atoms with van der Waals surface area (Å²) < 4.78 is 0. The van der Waals surface area contributed by atoms with Gasteiger partial charge in [-0.1, -0.05) is 20.8 Å². The molecule has 1 aromatic heterocycles. The fraction of sp³-hybridized carbons (Fsp3) is 0.750. The Kier molecular flexibility index (Phi) is 6.83. The van der Waals surface area contributed by atoms with Gasteiger partial charge in [0, 0.05) is 28.1 Å². The molecule has 0 aromatic carbocycles. The molecule has 2 rings (SSSR count). The van der Waals surface area contributed by atoms with Crippen LogP contribution in [-0.4, -0.2) is 33.3 Å². The summed E-state index contributed by atoms with van der Waals surface area (Å²) in [5.41, 5.74) is 9.50. The van der Waals surface area contributed by atoms with Crippen LogP contribution in [0.2, 0.25) is 0 Å². The lowest BCUT2D eigenvalue weighted by Crippen LogP contribution is -2.22. The van der Waals surface area contributed by atoms with Gasteiger partial charge in [-0.05, 0) is 37.8 Å². The standard InChI is InChI=1S/C16H27N3S2/c1-4-12-11(7-8-17)13(5-2)19-16(18-12)15-14(6-3)20-9-10-21-15/h14-15H,4-10,17H2,1-3H3. The number of nitrogens with zero attached hydrogens (tertiary/aromatic N) is 2. The van der Waals surface area contributed by atoms with E-state index in [0.29, 0.717) is 17.0 Å². The van der Waals surface area contributed by atoms with Crippen LogP contribution >= 0.6 is 23.5 Å². The number of nitrogens with two attached hydrogens (primary N) is 1. The molecular formula is C16H27N3S2. The molecule has 0 amide bonds. The Morgan fingerprint density at radius 1 is 1.05 bits per heavy atom. The summed E-state index contributed by atoms with van der Waals surface area (Å²) in [4.78, 5) is 9.88. The average Bonchev–Trinajstić information content (AvgIpc) is 2.55. The minimum Gasteiger partial charge on any atom is -0.330 e. The Balaban J connectivity index is 2.39. The number of rotatable bonds is 6. The van der Waals surface area contributed by atoms with Crippen molar-refractivity contribution in [3.05, 3.63) is 22.8 Å². The van der Waals surface area contributed by atoms with Gasteiger partial charge >= 0.3 is 0 Å². The summed E-state index contributed by atoms with van der Waals surface area (Å²) in [6.07, 6.45) is 4.04. The molecular weight excluding hydrogens is 298 g/mol. The molecule has 0 bridgehead atoms. The number of aromatic nitrogens is 2. The van der Waals surface area contributed by atoms with E-state index in [1.807, 2.05) is 11.8 Å². The molecule has 1 aromatic rings. The van der Waals surface area contributed by atoms with Crippen LogP contribution in [0.25, 0.3) is 0 Å². The van der Waals surface area contributed by atoms with Gasteiger partial charge in [0.1, 0.15) is 5.82 Å². The molecule has 0 spiro atoms. The van der Waals surface area contributed by atoms with Crippen molar-refractivity contribution in [2.24, 2.45) is 5.73 Å². The molecule has 2 N–H and O–H groups in total. The fourth-order valence-corrected chi connectivity index (χ4v) is 5.88. The molecule has 3 nitrogen and oxygen atoms in total. The van der Waals surface area contributed by atoms with Gasteiger partial charge in [0.05, 0.1) is 5.25 Å². The molecule has 2 atom stereocenters. The normalized spacial score (nSPS) is 22.5. The molecule has 2 unspecified atom stereocenters. The molecule has 2 heterocycles. The second-order valence-electron chi connectivity index (χ2n) is 5.31. The Morgan fingerprint density at radius 3 is 2.19 bits per heavy atom. The van der Waals surface area contributed by atoms with Gasteiger partial charge < -0.3 is 5.73 Å². The second kappa shape index (κ2) is 8.39. The highest BCUT2D eigenvalue weighted by atomic mass is 32.2. The summed E-state index contributed by atoms with van der Waals surface area (Å²) in [6, 6.07) is 0. The number of thioether (sulfide) groups is 2. The van der Waals surface area contributed by atoms with E-state index in [1.54, 1.807) is 0 Å². The minimum absolute atomic E-state index is 0.455. The maximum atomic E-state index is 5.77. The number of hydrogen-bond acceptors (Lipinski definition) is 5. The predicted molar refractivity (Wildman–Crippen MR) is 95.3 cm³/mol. The highest BCUT2D eigenvalue weighted by Crippen LogP contribution is 2.43. The molecule has 0 radical (unpaired) electrons. The summed E-state index contributed by atoms with van der Waals surface area (Å²) in [7, 11) is 0. The Hall–Kier alpha value is -0.260. The number of hydrogen-bond donors (Lipinski definition) is 1. The third-order valence-electron chi connectivity index (χ3n) is 3.97. The van der Waals surface area contributed by atoms with E-state index >= 15 is 0 Å². The first kappa shape index (κ1) is 17.1. The molecule has 1 aliphatic rings. The van der Waals surface area contributed by atoms with Crippen LogP contribution in [0, 0.1) is 0 Å². The van der Waals surface area contributed by atoms with Crippen molar-refractivity contribution in [2.45, 2.75) is 57.0 Å². The van der Waals surface area contributed by atoms with E-state index in [9.17, 15) is 0 Å². The molecule has 0 saturated carbocycles. The smallest absolute Gasteiger partial charge is 0.142 e. The van der Waals surface area contributed by atoms with Gasteiger partial charge in [-0.15, -0.1) is 11.8 Å². The van der Waals surface area contributed by atoms with Crippen molar-refractivity contribution >= 4 is 23.5 Å². The van der Waals surface area contributed by atoms with Crippen LogP contribution in [0.5, 0.6) is 0 Å². The lowest BCUT2D eigenvalue weighted by atomic mass is 10.0. The fourth-order valence-electron chi connectivity index (χ4n) is 2.89. The third-order valence-corrected chi connectivity index (χ3v) is 7.21. The van der Waals surface area contributed by atoms with E-state index in [-0.39, 0.29) is 0 Å². The second-order valence-corrected chi connectivity index (χ2v) is 7.90. The average molecular weight is 326 g/mol. The lowest BCUT2D eigenvalue weighted by Gasteiger charge is -2.29. The highest BCUT2D eigenvalue weighted by molar-refractivity contribution is 8.06. The maximum Gasteiger partial charge on any atom is 0.142 e. The number of aryl methyl sites for hydroxylation is 2. The zero-order valence-electron chi connectivity index (χ0n) is 13.4. The van der Waals surface area contributed by atoms with E-state index < -0.39 is 0 Å². The van der Waals surface area contributed by atoms with E-state index in [2.05, 4.69) is 32.5 Å². The van der Waals surface area contributed by atoms with Crippen LogP contribution in [0.15, 0.2) is 0 Å². The van der Waals surface area contributed by atoms with Gasteiger partial charge in [0.25, 0.3) is 0 Å². The van der Waals surface area contributed by atoms with Gasteiger partial charge in [-0.25, -0.2) is 9.97 Å². The van der Waals surface area contributed by atoms with Crippen molar-refractivity contribution in [3.63, 3.8) is 0 Å². The SMILES string of the molecule is CCc1nc(C2SCCSC2CC)nc(CC)c1CCN. The van der Waals surface area contributed by atoms with Crippen LogP contribution in [-0.2, 0) is 19.3 Å². The molecule has 0 aliphatic carbocycles. The Labute approximate surface area is 137 Å². The van der Waals surface area contributed by atoms with Gasteiger partial charge in [0.2, 0.25) is 0 Å². The van der Waals surface area contributed by atoms with Crippen LogP contribution < -0.4 is 5.73 Å². The van der Waals surface area contributed by atoms with Gasteiger partial charge in [-0.2, -0.15) is 11.8 Å². The molecule has 1 aliphatic heterocycles. The van der Waals surface area contributed by atoms with E-state index in [4.69, 9.17) is 15.7 Å². The topological polar surface area (TPSA) is 51.8 Å². The van der Waals surface area contributed by atoms with E-state index in [1.165, 1.54) is 34.9 Å². The zero-order valence-corrected chi connectivity index (χ0v) is 15.0. The van der Waals surface area contributed by atoms with E-state index in [0.717, 1.165) is 25.1 Å². The molecule has 1 saturated heterocycles. The summed E-state index contributed by atoms with van der Waals surface area (Å²) >= 11 is 4.12. The quantitative estimate of drug-likeness (QED) is 0.868. The first-order chi connectivity index (χ1) is 10.2.